The SMILES string of the molecule is CCOC(=O)C1CCCN(c2nccn3nc(-c4ccccc4C)cc23)C1. The number of nitrogens with zero attached hydrogens (tertiary/aromatic N) is 4. The van der Waals surface area contributed by atoms with Gasteiger partial charge in [0.05, 0.1) is 18.2 Å². The van der Waals surface area contributed by atoms with Crippen LogP contribution in [-0.2, 0) is 9.53 Å². The van der Waals surface area contributed by atoms with Gasteiger partial charge in [-0.1, -0.05) is 24.3 Å². The van der Waals surface area contributed by atoms with E-state index >= 15 is 0 Å². The van der Waals surface area contributed by atoms with Crippen LogP contribution < -0.4 is 4.90 Å². The number of hydrogen-bond donors (Lipinski definition) is 0. The van der Waals surface area contributed by atoms with Crippen LogP contribution in [0.15, 0.2) is 42.7 Å². The van der Waals surface area contributed by atoms with E-state index in [0.29, 0.717) is 13.2 Å². The van der Waals surface area contributed by atoms with E-state index in [0.717, 1.165) is 42.0 Å². The molecule has 0 saturated carbocycles. The molecule has 0 spiro atoms. The van der Waals surface area contributed by atoms with Crippen molar-refractivity contribution in [3.05, 3.63) is 48.3 Å². The van der Waals surface area contributed by atoms with E-state index in [2.05, 4.69) is 35.0 Å². The van der Waals surface area contributed by atoms with Gasteiger partial charge in [-0.25, -0.2) is 9.50 Å². The zero-order valence-corrected chi connectivity index (χ0v) is 15.8. The highest BCUT2D eigenvalue weighted by Crippen LogP contribution is 2.29. The van der Waals surface area contributed by atoms with Crippen molar-refractivity contribution >= 4 is 17.3 Å². The summed E-state index contributed by atoms with van der Waals surface area (Å²) in [4.78, 5) is 19.0. The summed E-state index contributed by atoms with van der Waals surface area (Å²) >= 11 is 0. The molecule has 0 radical (unpaired) electrons. The lowest BCUT2D eigenvalue weighted by Gasteiger charge is -2.32. The van der Waals surface area contributed by atoms with Gasteiger partial charge in [0.1, 0.15) is 5.52 Å². The van der Waals surface area contributed by atoms with E-state index < -0.39 is 0 Å². The summed E-state index contributed by atoms with van der Waals surface area (Å²) in [5.74, 6) is 0.668. The van der Waals surface area contributed by atoms with Crippen LogP contribution in [0.1, 0.15) is 25.3 Å². The maximum Gasteiger partial charge on any atom is 0.310 e. The second-order valence-electron chi connectivity index (χ2n) is 6.96. The predicted octanol–water partition coefficient (Wildman–Crippen LogP) is 3.48. The maximum atomic E-state index is 12.2. The lowest BCUT2D eigenvalue weighted by atomic mass is 9.98. The number of fused-ring (bicyclic) bond motifs is 1. The Morgan fingerprint density at radius 1 is 1.33 bits per heavy atom. The van der Waals surface area contributed by atoms with Crippen LogP contribution in [0.4, 0.5) is 5.82 Å². The molecule has 3 aromatic rings. The average Bonchev–Trinajstić information content (AvgIpc) is 3.12. The first-order valence-corrected chi connectivity index (χ1v) is 9.49. The molecule has 0 bridgehead atoms. The minimum absolute atomic E-state index is 0.0977. The standard InChI is InChI=1S/C21H24N4O2/c1-3-27-21(26)16-8-6-11-24(14-16)20-19-13-18(23-25(19)12-10-22-20)17-9-5-4-7-15(17)2/h4-5,7,9-10,12-13,16H,3,6,8,11,14H2,1-2H3. The highest BCUT2D eigenvalue weighted by Gasteiger charge is 2.28. The first kappa shape index (κ1) is 17.5. The van der Waals surface area contributed by atoms with E-state index in [9.17, 15) is 4.79 Å². The average molecular weight is 364 g/mol. The van der Waals surface area contributed by atoms with E-state index in [4.69, 9.17) is 9.84 Å². The molecule has 140 valence electrons. The summed E-state index contributed by atoms with van der Waals surface area (Å²) in [6.07, 6.45) is 5.45. The Morgan fingerprint density at radius 3 is 3.00 bits per heavy atom. The Labute approximate surface area is 158 Å². The summed E-state index contributed by atoms with van der Waals surface area (Å²) < 4.78 is 7.10. The highest BCUT2D eigenvalue weighted by molar-refractivity contribution is 5.78. The van der Waals surface area contributed by atoms with E-state index in [-0.39, 0.29) is 11.9 Å². The monoisotopic (exact) mass is 364 g/mol. The smallest absolute Gasteiger partial charge is 0.310 e. The molecule has 27 heavy (non-hydrogen) atoms. The molecule has 1 atom stereocenters. The predicted molar refractivity (Wildman–Crippen MR) is 105 cm³/mol. The van der Waals surface area contributed by atoms with E-state index in [1.54, 1.807) is 6.20 Å². The Kier molecular flexibility index (Phi) is 4.79. The van der Waals surface area contributed by atoms with Crippen molar-refractivity contribution < 1.29 is 9.53 Å². The first-order valence-electron chi connectivity index (χ1n) is 9.49. The largest absolute Gasteiger partial charge is 0.466 e. The third-order valence-corrected chi connectivity index (χ3v) is 5.13. The lowest BCUT2D eigenvalue weighted by Crippen LogP contribution is -2.40. The third kappa shape index (κ3) is 3.39. The van der Waals surface area contributed by atoms with Gasteiger partial charge >= 0.3 is 5.97 Å². The van der Waals surface area contributed by atoms with Gasteiger partial charge < -0.3 is 9.64 Å². The molecule has 1 aromatic carbocycles. The molecule has 0 aliphatic carbocycles. The van der Waals surface area contributed by atoms with Gasteiger partial charge in [0.25, 0.3) is 0 Å². The normalized spacial score (nSPS) is 17.3. The van der Waals surface area contributed by atoms with Gasteiger partial charge in [-0.3, -0.25) is 4.79 Å². The third-order valence-electron chi connectivity index (χ3n) is 5.13. The van der Waals surface area contributed by atoms with Gasteiger partial charge in [-0.15, -0.1) is 0 Å². The fourth-order valence-electron chi connectivity index (χ4n) is 3.77. The van der Waals surface area contributed by atoms with Crippen LogP contribution in [0, 0.1) is 12.8 Å². The lowest BCUT2D eigenvalue weighted by molar-refractivity contribution is -0.148. The fourth-order valence-corrected chi connectivity index (χ4v) is 3.77. The Balaban J connectivity index is 1.68. The van der Waals surface area contributed by atoms with Crippen molar-refractivity contribution in [2.45, 2.75) is 26.7 Å². The van der Waals surface area contributed by atoms with Crippen molar-refractivity contribution in [2.24, 2.45) is 5.92 Å². The second kappa shape index (κ2) is 7.39. The summed E-state index contributed by atoms with van der Waals surface area (Å²) in [5.41, 5.74) is 4.20. The molecule has 6 nitrogen and oxygen atoms in total. The van der Waals surface area contributed by atoms with Crippen molar-refractivity contribution in [3.63, 3.8) is 0 Å². The number of aromatic nitrogens is 3. The number of aryl methyl sites for hydroxylation is 1. The number of esters is 1. The van der Waals surface area contributed by atoms with Crippen molar-refractivity contribution in [1.82, 2.24) is 14.6 Å². The van der Waals surface area contributed by atoms with Crippen molar-refractivity contribution in [2.75, 3.05) is 24.6 Å². The van der Waals surface area contributed by atoms with Crippen molar-refractivity contribution in [3.8, 4) is 11.3 Å². The summed E-state index contributed by atoms with van der Waals surface area (Å²) in [7, 11) is 0. The van der Waals surface area contributed by atoms with Crippen LogP contribution in [-0.4, -0.2) is 40.3 Å². The number of rotatable bonds is 4. The number of carbonyl (C=O) groups is 1. The minimum Gasteiger partial charge on any atom is -0.466 e. The van der Waals surface area contributed by atoms with Crippen molar-refractivity contribution in [1.29, 1.82) is 0 Å². The summed E-state index contributed by atoms with van der Waals surface area (Å²) in [6, 6.07) is 10.3. The van der Waals surface area contributed by atoms with Crippen LogP contribution >= 0.6 is 0 Å². The molecule has 1 saturated heterocycles. The van der Waals surface area contributed by atoms with E-state index in [1.165, 1.54) is 5.56 Å². The zero-order chi connectivity index (χ0) is 18.8. The molecule has 2 aromatic heterocycles. The Bertz CT molecular complexity index is 966. The Morgan fingerprint density at radius 2 is 2.19 bits per heavy atom. The molecule has 4 rings (SSSR count). The van der Waals surface area contributed by atoms with Crippen LogP contribution in [0.3, 0.4) is 0 Å². The van der Waals surface area contributed by atoms with Gasteiger partial charge in [0, 0.05) is 31.0 Å². The molecule has 1 fully saturated rings. The molecule has 0 N–H and O–H groups in total. The molecule has 1 aliphatic heterocycles. The van der Waals surface area contributed by atoms with Gasteiger partial charge in [0.15, 0.2) is 5.82 Å². The molecular formula is C21H24N4O2. The first-order chi connectivity index (χ1) is 13.2. The molecular weight excluding hydrogens is 340 g/mol. The quantitative estimate of drug-likeness (QED) is 0.663. The Hall–Kier alpha value is -2.89. The number of anilines is 1. The van der Waals surface area contributed by atoms with Crippen LogP contribution in [0.2, 0.25) is 0 Å². The molecule has 1 aliphatic rings. The minimum atomic E-state index is -0.108. The van der Waals surface area contributed by atoms with Crippen LogP contribution in [0.5, 0.6) is 0 Å². The number of hydrogen-bond acceptors (Lipinski definition) is 5. The number of benzene rings is 1. The molecule has 0 amide bonds. The van der Waals surface area contributed by atoms with Gasteiger partial charge in [-0.05, 0) is 38.3 Å². The number of ether oxygens (including phenoxy) is 1. The molecule has 3 heterocycles. The van der Waals surface area contributed by atoms with Gasteiger partial charge in [-0.2, -0.15) is 5.10 Å². The number of carbonyl (C=O) groups excluding carboxylic acids is 1. The highest BCUT2D eigenvalue weighted by atomic mass is 16.5. The maximum absolute atomic E-state index is 12.2. The van der Waals surface area contributed by atoms with Gasteiger partial charge in [0.2, 0.25) is 0 Å². The van der Waals surface area contributed by atoms with Crippen LogP contribution in [0.25, 0.3) is 16.8 Å². The number of piperidine rings is 1. The molecule has 6 heteroatoms. The topological polar surface area (TPSA) is 59.7 Å². The second-order valence-corrected chi connectivity index (χ2v) is 6.96. The molecule has 1 unspecified atom stereocenters. The van der Waals surface area contributed by atoms with E-state index in [1.807, 2.05) is 29.8 Å². The zero-order valence-electron chi connectivity index (χ0n) is 15.8. The summed E-state index contributed by atoms with van der Waals surface area (Å²) in [5, 5.41) is 4.74. The fraction of sp³-hybridized carbons (Fsp3) is 0.381. The summed E-state index contributed by atoms with van der Waals surface area (Å²) in [6.45, 7) is 5.88.